The summed E-state index contributed by atoms with van der Waals surface area (Å²) in [4.78, 5) is 0. The Kier molecular flexibility index (Phi) is 2.58. The maximum Gasteiger partial charge on any atom is 0.0519 e. The van der Waals surface area contributed by atoms with Crippen LogP contribution >= 0.6 is 11.6 Å². The molecule has 1 aromatic heterocycles. The van der Waals surface area contributed by atoms with E-state index in [0.717, 1.165) is 18.7 Å². The minimum Gasteiger partial charge on any atom is -0.285 e. The second kappa shape index (κ2) is 3.51. The van der Waals surface area contributed by atoms with Crippen molar-refractivity contribution in [2.45, 2.75) is 12.8 Å². The normalized spacial score (nSPS) is 9.89. The Balaban J connectivity index is 2.30. The molecule has 0 aromatic carbocycles. The molecule has 50 valence electrons. The Bertz CT molecular complexity index is 148. The molecule has 0 unspecified atom stereocenters. The first-order valence-corrected chi connectivity index (χ1v) is 3.50. The molecule has 1 aromatic rings. The summed E-state index contributed by atoms with van der Waals surface area (Å²) in [6.07, 6.45) is 5.78. The lowest BCUT2D eigenvalue weighted by atomic mass is 10.2. The molecule has 1 heterocycles. The van der Waals surface area contributed by atoms with Crippen LogP contribution in [0.3, 0.4) is 0 Å². The number of aromatic nitrogens is 2. The Morgan fingerprint density at radius 2 is 2.56 bits per heavy atom. The quantitative estimate of drug-likeness (QED) is 0.642. The molecule has 3 heteroatoms. The minimum absolute atomic E-state index is 0.727. The monoisotopic (exact) mass is 144 g/mol. The first-order chi connectivity index (χ1) is 4.43. The molecule has 2 nitrogen and oxygen atoms in total. The van der Waals surface area contributed by atoms with Crippen molar-refractivity contribution in [3.8, 4) is 0 Å². The third kappa shape index (κ3) is 2.06. The second-order valence-corrected chi connectivity index (χ2v) is 2.28. The van der Waals surface area contributed by atoms with Crippen LogP contribution in [-0.2, 0) is 6.42 Å². The fourth-order valence-corrected chi connectivity index (χ4v) is 0.819. The molecule has 1 rings (SSSR count). The van der Waals surface area contributed by atoms with Gasteiger partial charge in [-0.1, -0.05) is 0 Å². The lowest BCUT2D eigenvalue weighted by molar-refractivity contribution is 0.930. The van der Waals surface area contributed by atoms with Crippen molar-refractivity contribution < 1.29 is 0 Å². The molecule has 0 aliphatic heterocycles. The van der Waals surface area contributed by atoms with Gasteiger partial charge >= 0.3 is 0 Å². The summed E-state index contributed by atoms with van der Waals surface area (Å²) in [7, 11) is 0. The largest absolute Gasteiger partial charge is 0.285 e. The molecule has 0 radical (unpaired) electrons. The van der Waals surface area contributed by atoms with Gasteiger partial charge in [0.1, 0.15) is 0 Å². The third-order valence-corrected chi connectivity index (χ3v) is 1.42. The minimum atomic E-state index is 0.727. The van der Waals surface area contributed by atoms with Gasteiger partial charge in [-0.15, -0.1) is 11.6 Å². The summed E-state index contributed by atoms with van der Waals surface area (Å²) >= 11 is 5.49. The van der Waals surface area contributed by atoms with Crippen molar-refractivity contribution in [1.82, 2.24) is 10.2 Å². The Morgan fingerprint density at radius 1 is 1.67 bits per heavy atom. The number of nitrogens with one attached hydrogen (secondary N) is 1. The van der Waals surface area contributed by atoms with Crippen molar-refractivity contribution in [3.63, 3.8) is 0 Å². The smallest absolute Gasteiger partial charge is 0.0519 e. The summed E-state index contributed by atoms with van der Waals surface area (Å²) in [5, 5.41) is 6.55. The number of halogens is 1. The van der Waals surface area contributed by atoms with Crippen molar-refractivity contribution in [2.75, 3.05) is 5.88 Å². The Labute approximate surface area is 59.2 Å². The first kappa shape index (κ1) is 6.62. The highest BCUT2D eigenvalue weighted by atomic mass is 35.5. The number of H-pyrrole nitrogens is 1. The fourth-order valence-electron chi connectivity index (χ4n) is 0.685. The van der Waals surface area contributed by atoms with Crippen molar-refractivity contribution in [1.29, 1.82) is 0 Å². The molecular formula is C6H9ClN2. The highest BCUT2D eigenvalue weighted by Gasteiger charge is 1.90. The van der Waals surface area contributed by atoms with Crippen LogP contribution in [0, 0.1) is 0 Å². The standard InChI is InChI=1S/C6H9ClN2/c7-3-1-2-6-4-8-9-5-6/h4-5H,1-3H2,(H,8,9). The van der Waals surface area contributed by atoms with E-state index in [0.29, 0.717) is 0 Å². The Morgan fingerprint density at radius 3 is 3.11 bits per heavy atom. The van der Waals surface area contributed by atoms with Crippen LogP contribution in [-0.4, -0.2) is 16.1 Å². The summed E-state index contributed by atoms with van der Waals surface area (Å²) in [6.45, 7) is 0. The molecule has 0 saturated heterocycles. The van der Waals surface area contributed by atoms with Crippen LogP contribution in [0.1, 0.15) is 12.0 Å². The van der Waals surface area contributed by atoms with E-state index in [9.17, 15) is 0 Å². The molecule has 0 bridgehead atoms. The topological polar surface area (TPSA) is 28.7 Å². The first-order valence-electron chi connectivity index (χ1n) is 2.97. The summed E-state index contributed by atoms with van der Waals surface area (Å²) in [5.74, 6) is 0.727. The van der Waals surface area contributed by atoms with Gasteiger partial charge in [0.2, 0.25) is 0 Å². The van der Waals surface area contributed by atoms with Crippen LogP contribution in [0.25, 0.3) is 0 Å². The molecule has 1 N–H and O–H groups in total. The number of rotatable bonds is 3. The molecule has 0 fully saturated rings. The van der Waals surface area contributed by atoms with Crippen LogP contribution in [0.5, 0.6) is 0 Å². The van der Waals surface area contributed by atoms with E-state index in [1.54, 1.807) is 0 Å². The number of hydrogen-bond acceptors (Lipinski definition) is 1. The number of hydrogen-bond donors (Lipinski definition) is 1. The molecule has 0 saturated carbocycles. The zero-order valence-electron chi connectivity index (χ0n) is 5.10. The van der Waals surface area contributed by atoms with Gasteiger partial charge in [0.05, 0.1) is 6.20 Å². The number of nitrogens with zero attached hydrogens (tertiary/aromatic N) is 1. The fraction of sp³-hybridized carbons (Fsp3) is 0.500. The van der Waals surface area contributed by atoms with Crippen molar-refractivity contribution >= 4 is 11.6 Å². The third-order valence-electron chi connectivity index (χ3n) is 1.15. The number of aryl methyl sites for hydroxylation is 1. The van der Waals surface area contributed by atoms with Gasteiger partial charge < -0.3 is 0 Å². The van der Waals surface area contributed by atoms with Gasteiger partial charge in [0, 0.05) is 12.1 Å². The maximum absolute atomic E-state index is 5.49. The highest BCUT2D eigenvalue weighted by molar-refractivity contribution is 6.17. The van der Waals surface area contributed by atoms with Crippen LogP contribution in [0.2, 0.25) is 0 Å². The zero-order valence-corrected chi connectivity index (χ0v) is 5.86. The SMILES string of the molecule is ClCCCc1cn[nH]c1. The van der Waals surface area contributed by atoms with Crippen LogP contribution < -0.4 is 0 Å². The lowest BCUT2D eigenvalue weighted by Crippen LogP contribution is -1.81. The van der Waals surface area contributed by atoms with Gasteiger partial charge in [-0.3, -0.25) is 5.10 Å². The van der Waals surface area contributed by atoms with E-state index >= 15 is 0 Å². The van der Waals surface area contributed by atoms with Gasteiger partial charge in [-0.2, -0.15) is 5.10 Å². The molecular weight excluding hydrogens is 136 g/mol. The lowest BCUT2D eigenvalue weighted by Gasteiger charge is -1.88. The molecule has 0 aliphatic rings. The van der Waals surface area contributed by atoms with Crippen LogP contribution in [0.15, 0.2) is 12.4 Å². The second-order valence-electron chi connectivity index (χ2n) is 1.90. The predicted octanol–water partition coefficient (Wildman–Crippen LogP) is 1.58. The van der Waals surface area contributed by atoms with E-state index in [-0.39, 0.29) is 0 Å². The van der Waals surface area contributed by atoms with Gasteiger partial charge in [-0.25, -0.2) is 0 Å². The summed E-state index contributed by atoms with van der Waals surface area (Å²) < 4.78 is 0. The van der Waals surface area contributed by atoms with Crippen LogP contribution in [0.4, 0.5) is 0 Å². The molecule has 0 amide bonds. The van der Waals surface area contributed by atoms with E-state index in [1.807, 2.05) is 12.4 Å². The van der Waals surface area contributed by atoms with Crippen molar-refractivity contribution in [3.05, 3.63) is 18.0 Å². The number of alkyl halides is 1. The Hall–Kier alpha value is -0.500. The van der Waals surface area contributed by atoms with Gasteiger partial charge in [0.25, 0.3) is 0 Å². The van der Waals surface area contributed by atoms with Gasteiger partial charge in [-0.05, 0) is 18.4 Å². The van der Waals surface area contributed by atoms with Gasteiger partial charge in [0.15, 0.2) is 0 Å². The molecule has 0 aliphatic carbocycles. The molecule has 0 spiro atoms. The summed E-state index contributed by atoms with van der Waals surface area (Å²) in [5.41, 5.74) is 1.23. The van der Waals surface area contributed by atoms with E-state index in [1.165, 1.54) is 5.56 Å². The van der Waals surface area contributed by atoms with E-state index in [2.05, 4.69) is 10.2 Å². The summed E-state index contributed by atoms with van der Waals surface area (Å²) in [6, 6.07) is 0. The molecule has 0 atom stereocenters. The predicted molar refractivity (Wildman–Crippen MR) is 37.6 cm³/mol. The van der Waals surface area contributed by atoms with E-state index in [4.69, 9.17) is 11.6 Å². The zero-order chi connectivity index (χ0) is 6.53. The average Bonchev–Trinajstić information content (AvgIpc) is 2.34. The van der Waals surface area contributed by atoms with Crippen molar-refractivity contribution in [2.24, 2.45) is 0 Å². The van der Waals surface area contributed by atoms with E-state index < -0.39 is 0 Å². The molecule has 9 heavy (non-hydrogen) atoms. The maximum atomic E-state index is 5.49. The number of aromatic amines is 1. The average molecular weight is 145 g/mol. The highest BCUT2D eigenvalue weighted by Crippen LogP contribution is 1.99.